The number of rotatable bonds is 5. The van der Waals surface area contributed by atoms with Crippen molar-refractivity contribution in [2.75, 3.05) is 7.11 Å². The van der Waals surface area contributed by atoms with E-state index < -0.39 is 0 Å². The van der Waals surface area contributed by atoms with Crippen LogP contribution < -0.4 is 10.1 Å². The van der Waals surface area contributed by atoms with Crippen LogP contribution in [0.1, 0.15) is 11.3 Å². The number of fused-ring (bicyclic) bond motifs is 1. The van der Waals surface area contributed by atoms with Crippen molar-refractivity contribution >= 4 is 16.3 Å². The number of nitrogens with one attached hydrogen (secondary N) is 2. The molecule has 2 N–H and O–H groups in total. The first-order chi connectivity index (χ1) is 8.88. The molecule has 3 aromatic heterocycles. The van der Waals surface area contributed by atoms with Crippen LogP contribution in [0.5, 0.6) is 5.88 Å². The number of imidazole rings is 1. The Balaban J connectivity index is 1.74. The van der Waals surface area contributed by atoms with Gasteiger partial charge in [0, 0.05) is 36.4 Å². The van der Waals surface area contributed by atoms with E-state index in [1.54, 1.807) is 24.6 Å². The fourth-order valence-corrected chi connectivity index (χ4v) is 2.56. The highest BCUT2D eigenvalue weighted by Crippen LogP contribution is 2.22. The second-order valence-corrected chi connectivity index (χ2v) is 4.71. The Hall–Kier alpha value is -1.86. The molecule has 0 amide bonds. The molecule has 0 radical (unpaired) electrons. The van der Waals surface area contributed by atoms with Crippen LogP contribution in [0.15, 0.2) is 24.0 Å². The fraction of sp³-hybridized carbons (Fsp3) is 0.273. The zero-order valence-electron chi connectivity index (χ0n) is 9.88. The van der Waals surface area contributed by atoms with Crippen molar-refractivity contribution in [3.63, 3.8) is 0 Å². The standard InChI is InChI=1S/C11H13N5OS/c1-17-10-9(16-2-3-18-11(16)15-10)7-12-4-8-5-13-14-6-8/h2-3,5-6,12H,4,7H2,1H3,(H,13,14). The van der Waals surface area contributed by atoms with Gasteiger partial charge in [0.15, 0.2) is 4.96 Å². The minimum Gasteiger partial charge on any atom is -0.480 e. The summed E-state index contributed by atoms with van der Waals surface area (Å²) in [6.45, 7) is 1.46. The topological polar surface area (TPSA) is 67.2 Å². The quantitative estimate of drug-likeness (QED) is 0.730. The molecule has 3 aromatic rings. The third-order valence-corrected chi connectivity index (χ3v) is 3.45. The number of ether oxygens (including phenoxy) is 1. The molecule has 3 rings (SSSR count). The molecule has 3 heterocycles. The molecular formula is C11H13N5OS. The number of methoxy groups -OCH3 is 1. The van der Waals surface area contributed by atoms with Crippen LogP contribution in [0.25, 0.3) is 4.96 Å². The van der Waals surface area contributed by atoms with Gasteiger partial charge in [-0.05, 0) is 0 Å². The smallest absolute Gasteiger partial charge is 0.237 e. The normalized spacial score (nSPS) is 11.2. The summed E-state index contributed by atoms with van der Waals surface area (Å²) in [6, 6.07) is 0. The summed E-state index contributed by atoms with van der Waals surface area (Å²) in [5, 5.41) is 12.1. The van der Waals surface area contributed by atoms with E-state index in [1.807, 2.05) is 22.2 Å². The highest BCUT2D eigenvalue weighted by Gasteiger charge is 2.12. The molecule has 0 atom stereocenters. The van der Waals surface area contributed by atoms with E-state index in [2.05, 4.69) is 20.5 Å². The third-order valence-electron chi connectivity index (χ3n) is 2.69. The Bertz CT molecular complexity index is 627. The SMILES string of the molecule is COc1nc2sccn2c1CNCc1cn[nH]c1. The molecule has 0 saturated heterocycles. The van der Waals surface area contributed by atoms with Gasteiger partial charge in [0.1, 0.15) is 5.69 Å². The van der Waals surface area contributed by atoms with Gasteiger partial charge in [-0.1, -0.05) is 0 Å². The van der Waals surface area contributed by atoms with Crippen LogP contribution in [0.4, 0.5) is 0 Å². The molecule has 0 unspecified atom stereocenters. The first-order valence-corrected chi connectivity index (χ1v) is 6.43. The summed E-state index contributed by atoms with van der Waals surface area (Å²) in [4.78, 5) is 5.36. The molecule has 18 heavy (non-hydrogen) atoms. The maximum Gasteiger partial charge on any atom is 0.237 e. The van der Waals surface area contributed by atoms with Crippen LogP contribution in [-0.2, 0) is 13.1 Å². The van der Waals surface area contributed by atoms with E-state index >= 15 is 0 Å². The van der Waals surface area contributed by atoms with Crippen molar-refractivity contribution in [1.82, 2.24) is 24.9 Å². The zero-order chi connectivity index (χ0) is 12.4. The monoisotopic (exact) mass is 263 g/mol. The van der Waals surface area contributed by atoms with E-state index in [0.29, 0.717) is 12.4 Å². The van der Waals surface area contributed by atoms with Crippen LogP contribution in [0.2, 0.25) is 0 Å². The molecule has 0 spiro atoms. The molecule has 0 fully saturated rings. The summed E-state index contributed by atoms with van der Waals surface area (Å²) >= 11 is 1.60. The number of thiazole rings is 1. The van der Waals surface area contributed by atoms with Gasteiger partial charge >= 0.3 is 0 Å². The number of nitrogens with zero attached hydrogens (tertiary/aromatic N) is 3. The molecule has 0 bridgehead atoms. The number of aromatic amines is 1. The number of hydrogen-bond donors (Lipinski definition) is 2. The molecule has 0 aromatic carbocycles. The summed E-state index contributed by atoms with van der Waals surface area (Å²) < 4.78 is 7.34. The molecule has 6 nitrogen and oxygen atoms in total. The van der Waals surface area contributed by atoms with Gasteiger partial charge in [-0.25, -0.2) is 0 Å². The van der Waals surface area contributed by atoms with Crippen molar-refractivity contribution in [2.45, 2.75) is 13.1 Å². The van der Waals surface area contributed by atoms with E-state index in [4.69, 9.17) is 4.74 Å². The molecular weight excluding hydrogens is 250 g/mol. The zero-order valence-corrected chi connectivity index (χ0v) is 10.7. The van der Waals surface area contributed by atoms with Gasteiger partial charge < -0.3 is 10.1 Å². The Morgan fingerprint density at radius 2 is 2.44 bits per heavy atom. The predicted octanol–water partition coefficient (Wildman–Crippen LogP) is 1.42. The molecule has 0 aliphatic heterocycles. The first kappa shape index (κ1) is 11.2. The van der Waals surface area contributed by atoms with Gasteiger partial charge in [0.05, 0.1) is 13.3 Å². The summed E-state index contributed by atoms with van der Waals surface area (Å²) in [7, 11) is 1.64. The van der Waals surface area contributed by atoms with Crippen molar-refractivity contribution in [2.24, 2.45) is 0 Å². The fourth-order valence-electron chi connectivity index (χ4n) is 1.84. The van der Waals surface area contributed by atoms with Crippen LogP contribution in [-0.4, -0.2) is 26.7 Å². The highest BCUT2D eigenvalue weighted by molar-refractivity contribution is 7.15. The van der Waals surface area contributed by atoms with Crippen LogP contribution in [0, 0.1) is 0 Å². The molecule has 0 saturated carbocycles. The van der Waals surface area contributed by atoms with Gasteiger partial charge in [-0.2, -0.15) is 10.1 Å². The lowest BCUT2D eigenvalue weighted by atomic mass is 10.3. The Morgan fingerprint density at radius 1 is 1.50 bits per heavy atom. The van der Waals surface area contributed by atoms with E-state index in [1.165, 1.54) is 0 Å². The largest absolute Gasteiger partial charge is 0.480 e. The lowest BCUT2D eigenvalue weighted by Gasteiger charge is -2.04. The minimum atomic E-state index is 0.682. The average molecular weight is 263 g/mol. The Morgan fingerprint density at radius 3 is 3.22 bits per heavy atom. The molecule has 0 aliphatic carbocycles. The molecule has 94 valence electrons. The van der Waals surface area contributed by atoms with E-state index in [0.717, 1.165) is 22.8 Å². The van der Waals surface area contributed by atoms with Gasteiger partial charge in [-0.15, -0.1) is 11.3 Å². The summed E-state index contributed by atoms with van der Waals surface area (Å²) in [6.07, 6.45) is 5.69. The van der Waals surface area contributed by atoms with E-state index in [-0.39, 0.29) is 0 Å². The number of H-pyrrole nitrogens is 1. The number of hydrogen-bond acceptors (Lipinski definition) is 5. The first-order valence-electron chi connectivity index (χ1n) is 5.55. The molecule has 7 heteroatoms. The minimum absolute atomic E-state index is 0.682. The maximum absolute atomic E-state index is 5.29. The average Bonchev–Trinajstić information content (AvgIpc) is 3.06. The second-order valence-electron chi connectivity index (χ2n) is 3.83. The van der Waals surface area contributed by atoms with Crippen molar-refractivity contribution < 1.29 is 4.74 Å². The predicted molar refractivity (Wildman–Crippen MR) is 68.8 cm³/mol. The Kier molecular flexibility index (Phi) is 2.99. The van der Waals surface area contributed by atoms with Gasteiger partial charge in [-0.3, -0.25) is 9.50 Å². The molecule has 0 aliphatic rings. The van der Waals surface area contributed by atoms with Crippen LogP contribution >= 0.6 is 11.3 Å². The maximum atomic E-state index is 5.29. The van der Waals surface area contributed by atoms with Gasteiger partial charge in [0.2, 0.25) is 5.88 Å². The van der Waals surface area contributed by atoms with Crippen molar-refractivity contribution in [3.8, 4) is 5.88 Å². The van der Waals surface area contributed by atoms with E-state index in [9.17, 15) is 0 Å². The number of aromatic nitrogens is 4. The lowest BCUT2D eigenvalue weighted by Crippen LogP contribution is -2.14. The second kappa shape index (κ2) is 4.79. The van der Waals surface area contributed by atoms with Crippen molar-refractivity contribution in [3.05, 3.63) is 35.2 Å². The summed E-state index contributed by atoms with van der Waals surface area (Å²) in [5.74, 6) is 0.682. The van der Waals surface area contributed by atoms with Gasteiger partial charge in [0.25, 0.3) is 0 Å². The highest BCUT2D eigenvalue weighted by atomic mass is 32.1. The Labute approximate surface area is 108 Å². The summed E-state index contributed by atoms with van der Waals surface area (Å²) in [5.41, 5.74) is 2.16. The lowest BCUT2D eigenvalue weighted by molar-refractivity contribution is 0.393. The van der Waals surface area contributed by atoms with Crippen LogP contribution in [0.3, 0.4) is 0 Å². The third kappa shape index (κ3) is 1.98. The van der Waals surface area contributed by atoms with Crippen molar-refractivity contribution in [1.29, 1.82) is 0 Å².